The van der Waals surface area contributed by atoms with E-state index in [1.807, 2.05) is 19.1 Å². The zero-order chi connectivity index (χ0) is 17.1. The molecule has 0 saturated carbocycles. The van der Waals surface area contributed by atoms with Gasteiger partial charge in [0, 0.05) is 13.1 Å². The van der Waals surface area contributed by atoms with E-state index in [0.29, 0.717) is 12.2 Å². The average Bonchev–Trinajstić information content (AvgIpc) is 2.49. The van der Waals surface area contributed by atoms with Gasteiger partial charge in [-0.1, -0.05) is 38.0 Å². The van der Waals surface area contributed by atoms with E-state index in [4.69, 9.17) is 0 Å². The molecule has 6 nitrogen and oxygen atoms in total. The molecule has 0 saturated heterocycles. The Hall–Kier alpha value is -1.03. The van der Waals surface area contributed by atoms with Gasteiger partial charge in [-0.15, -0.1) is 24.0 Å². The Morgan fingerprint density at radius 3 is 2.46 bits per heavy atom. The van der Waals surface area contributed by atoms with Gasteiger partial charge < -0.3 is 10.6 Å². The second-order valence-corrected chi connectivity index (χ2v) is 7.11. The summed E-state index contributed by atoms with van der Waals surface area (Å²) in [6.45, 7) is 6.25. The van der Waals surface area contributed by atoms with E-state index in [0.717, 1.165) is 37.3 Å². The Morgan fingerprint density at radius 2 is 1.83 bits per heavy atom. The van der Waals surface area contributed by atoms with Crippen molar-refractivity contribution in [1.82, 2.24) is 10.6 Å². The number of rotatable bonds is 9. The highest BCUT2D eigenvalue weighted by Gasteiger charge is 2.07. The van der Waals surface area contributed by atoms with Crippen molar-refractivity contribution < 1.29 is 8.42 Å². The minimum atomic E-state index is -3.30. The Bertz CT molecular complexity index is 606. The number of anilines is 1. The molecule has 0 radical (unpaired) electrons. The van der Waals surface area contributed by atoms with E-state index in [9.17, 15) is 8.42 Å². The lowest BCUT2D eigenvalue weighted by Gasteiger charge is -2.12. The maximum absolute atomic E-state index is 11.4. The number of hydrogen-bond acceptors (Lipinski definition) is 3. The van der Waals surface area contributed by atoms with Gasteiger partial charge >= 0.3 is 0 Å². The standard InChI is InChI=1S/C16H28N4O2S.HI/c1-4-6-9-12-18-16(17-5-2)19-13-14-10-7-8-11-15(14)20-23(3,21)22;/h7-8,10-11,20H,4-6,9,12-13H2,1-3H3,(H2,17,18,19);1H. The largest absolute Gasteiger partial charge is 0.357 e. The predicted molar refractivity (Wildman–Crippen MR) is 113 cm³/mol. The van der Waals surface area contributed by atoms with Gasteiger partial charge in [-0.05, 0) is 25.0 Å². The van der Waals surface area contributed by atoms with E-state index in [-0.39, 0.29) is 24.0 Å². The van der Waals surface area contributed by atoms with E-state index in [1.165, 1.54) is 12.8 Å². The highest BCUT2D eigenvalue weighted by atomic mass is 127. The molecule has 0 aliphatic rings. The van der Waals surface area contributed by atoms with Crippen LogP contribution in [0.25, 0.3) is 0 Å². The first-order valence-electron chi connectivity index (χ1n) is 8.04. The molecule has 1 aromatic carbocycles. The second kappa shape index (κ2) is 12.3. The number of para-hydroxylation sites is 1. The minimum absolute atomic E-state index is 0. The van der Waals surface area contributed by atoms with Gasteiger partial charge in [-0.25, -0.2) is 13.4 Å². The topological polar surface area (TPSA) is 82.6 Å². The van der Waals surface area contributed by atoms with E-state index in [2.05, 4.69) is 27.3 Å². The summed E-state index contributed by atoms with van der Waals surface area (Å²) in [5.74, 6) is 0.748. The third-order valence-corrected chi connectivity index (χ3v) is 3.73. The molecule has 0 aromatic heterocycles. The van der Waals surface area contributed by atoms with Crippen LogP contribution in [0.15, 0.2) is 29.3 Å². The summed E-state index contributed by atoms with van der Waals surface area (Å²) < 4.78 is 25.4. The Kier molecular flexibility index (Phi) is 11.8. The second-order valence-electron chi connectivity index (χ2n) is 5.36. The van der Waals surface area contributed by atoms with Gasteiger partial charge in [0.25, 0.3) is 0 Å². The molecule has 138 valence electrons. The zero-order valence-corrected chi connectivity index (χ0v) is 17.8. The average molecular weight is 468 g/mol. The summed E-state index contributed by atoms with van der Waals surface area (Å²) in [6.07, 6.45) is 4.62. The molecule has 0 atom stereocenters. The van der Waals surface area contributed by atoms with Crippen LogP contribution in [0.4, 0.5) is 5.69 Å². The SMILES string of the molecule is CCCCCNC(=NCc1ccccc1NS(C)(=O)=O)NCC.I. The monoisotopic (exact) mass is 468 g/mol. The fourth-order valence-electron chi connectivity index (χ4n) is 2.05. The maximum Gasteiger partial charge on any atom is 0.229 e. The number of benzene rings is 1. The molecule has 3 N–H and O–H groups in total. The van der Waals surface area contributed by atoms with Crippen LogP contribution in [-0.4, -0.2) is 33.7 Å². The highest BCUT2D eigenvalue weighted by molar-refractivity contribution is 14.0. The van der Waals surface area contributed by atoms with Gasteiger partial charge in [0.05, 0.1) is 18.5 Å². The summed E-state index contributed by atoms with van der Waals surface area (Å²) in [5.41, 5.74) is 1.41. The first kappa shape index (κ1) is 23.0. The summed E-state index contributed by atoms with van der Waals surface area (Å²) in [7, 11) is -3.30. The Morgan fingerprint density at radius 1 is 1.12 bits per heavy atom. The van der Waals surface area contributed by atoms with Crippen molar-refractivity contribution in [3.8, 4) is 0 Å². The van der Waals surface area contributed by atoms with Gasteiger partial charge in [0.15, 0.2) is 5.96 Å². The fraction of sp³-hybridized carbons (Fsp3) is 0.562. The number of nitrogens with zero attached hydrogens (tertiary/aromatic N) is 1. The van der Waals surface area contributed by atoms with E-state index in [1.54, 1.807) is 12.1 Å². The Balaban J connectivity index is 0.00000529. The number of guanidine groups is 1. The smallest absolute Gasteiger partial charge is 0.229 e. The number of sulfonamides is 1. The van der Waals surface area contributed by atoms with Crippen LogP contribution in [0.2, 0.25) is 0 Å². The van der Waals surface area contributed by atoms with Gasteiger partial charge in [0.1, 0.15) is 0 Å². The lowest BCUT2D eigenvalue weighted by molar-refractivity contribution is 0.606. The molecular weight excluding hydrogens is 439 g/mol. The third kappa shape index (κ3) is 9.96. The number of halogens is 1. The maximum atomic E-state index is 11.4. The van der Waals surface area contributed by atoms with Crippen molar-refractivity contribution in [1.29, 1.82) is 0 Å². The van der Waals surface area contributed by atoms with Crippen LogP contribution in [0.3, 0.4) is 0 Å². The fourth-order valence-corrected chi connectivity index (χ4v) is 2.64. The van der Waals surface area contributed by atoms with Gasteiger partial charge in [0.2, 0.25) is 10.0 Å². The molecule has 0 amide bonds. The zero-order valence-electron chi connectivity index (χ0n) is 14.6. The molecule has 0 aliphatic heterocycles. The number of hydrogen-bond donors (Lipinski definition) is 3. The first-order chi connectivity index (χ1) is 11.0. The van der Waals surface area contributed by atoms with E-state index >= 15 is 0 Å². The van der Waals surface area contributed by atoms with Crippen molar-refractivity contribution >= 4 is 45.6 Å². The minimum Gasteiger partial charge on any atom is -0.357 e. The van der Waals surface area contributed by atoms with Crippen molar-refractivity contribution in [2.75, 3.05) is 24.1 Å². The van der Waals surface area contributed by atoms with E-state index < -0.39 is 10.0 Å². The summed E-state index contributed by atoms with van der Waals surface area (Å²) >= 11 is 0. The first-order valence-corrected chi connectivity index (χ1v) is 9.93. The highest BCUT2D eigenvalue weighted by Crippen LogP contribution is 2.17. The molecule has 1 rings (SSSR count). The molecule has 0 bridgehead atoms. The van der Waals surface area contributed by atoms with Crippen LogP contribution in [-0.2, 0) is 16.6 Å². The van der Waals surface area contributed by atoms with Crippen molar-refractivity contribution in [2.45, 2.75) is 39.7 Å². The van der Waals surface area contributed by atoms with Crippen LogP contribution >= 0.6 is 24.0 Å². The lowest BCUT2D eigenvalue weighted by atomic mass is 10.2. The summed E-state index contributed by atoms with van der Waals surface area (Å²) in [4.78, 5) is 4.53. The molecule has 8 heteroatoms. The normalized spacial score (nSPS) is 11.5. The van der Waals surface area contributed by atoms with Crippen molar-refractivity contribution in [2.24, 2.45) is 4.99 Å². The molecule has 24 heavy (non-hydrogen) atoms. The molecule has 0 fully saturated rings. The third-order valence-electron chi connectivity index (χ3n) is 3.14. The number of aliphatic imine (C=N–C) groups is 1. The Labute approximate surface area is 163 Å². The molecule has 0 aliphatic carbocycles. The number of unbranched alkanes of at least 4 members (excludes halogenated alkanes) is 2. The predicted octanol–water partition coefficient (Wildman–Crippen LogP) is 2.92. The quantitative estimate of drug-likeness (QED) is 0.225. The van der Waals surface area contributed by atoms with Gasteiger partial charge in [-0.2, -0.15) is 0 Å². The van der Waals surface area contributed by atoms with Crippen LogP contribution < -0.4 is 15.4 Å². The van der Waals surface area contributed by atoms with Crippen LogP contribution in [0, 0.1) is 0 Å². The molecule has 0 heterocycles. The summed E-state index contributed by atoms with van der Waals surface area (Å²) in [5, 5.41) is 6.49. The molecule has 0 unspecified atom stereocenters. The number of nitrogens with one attached hydrogen (secondary N) is 3. The molecule has 0 spiro atoms. The summed E-state index contributed by atoms with van der Waals surface area (Å²) in [6, 6.07) is 7.29. The van der Waals surface area contributed by atoms with Crippen molar-refractivity contribution in [3.63, 3.8) is 0 Å². The molecule has 1 aromatic rings. The van der Waals surface area contributed by atoms with Gasteiger partial charge in [-0.3, -0.25) is 4.72 Å². The molecular formula is C16H29IN4O2S. The van der Waals surface area contributed by atoms with Crippen LogP contribution in [0.1, 0.15) is 38.7 Å². The van der Waals surface area contributed by atoms with Crippen LogP contribution in [0.5, 0.6) is 0 Å². The van der Waals surface area contributed by atoms with Crippen molar-refractivity contribution in [3.05, 3.63) is 29.8 Å². The lowest BCUT2D eigenvalue weighted by Crippen LogP contribution is -2.37.